The number of rotatable bonds is 5. The van der Waals surface area contributed by atoms with Crippen molar-refractivity contribution in [3.63, 3.8) is 0 Å². The highest BCUT2D eigenvalue weighted by molar-refractivity contribution is 5.54. The number of hydrogen-bond acceptors (Lipinski definition) is 4. The van der Waals surface area contributed by atoms with E-state index in [1.54, 1.807) is 6.34 Å². The van der Waals surface area contributed by atoms with Crippen LogP contribution < -0.4 is 11.1 Å². The number of unbranched alkanes of at least 4 members (excludes halogenated alkanes) is 3. The summed E-state index contributed by atoms with van der Waals surface area (Å²) in [4.78, 5) is 0. The van der Waals surface area contributed by atoms with Crippen LogP contribution in [-0.4, -0.2) is 17.9 Å². The molecule has 0 fully saturated rings. The molecule has 0 saturated heterocycles. The lowest BCUT2D eigenvalue weighted by atomic mass is 10.2. The summed E-state index contributed by atoms with van der Waals surface area (Å²) < 4.78 is 0. The van der Waals surface area contributed by atoms with Crippen LogP contribution in [0.4, 0.5) is 0 Å². The molecule has 0 bridgehead atoms. The molecule has 0 spiro atoms. The predicted molar refractivity (Wildman–Crippen MR) is 45.6 cm³/mol. The molecule has 0 aromatic carbocycles. The van der Waals surface area contributed by atoms with Crippen LogP contribution in [-0.2, 0) is 0 Å². The summed E-state index contributed by atoms with van der Waals surface area (Å²) in [7, 11) is 0. The first-order valence-electron chi connectivity index (χ1n) is 4.24. The minimum atomic E-state index is 1.04. The minimum Gasteiger partial charge on any atom is -0.278 e. The Morgan fingerprint density at radius 2 is 2.27 bits per heavy atom. The lowest BCUT2D eigenvalue weighted by Crippen LogP contribution is -2.37. The first-order valence-corrected chi connectivity index (χ1v) is 4.24. The second kappa shape index (κ2) is 4.96. The molecule has 0 aromatic rings. The Morgan fingerprint density at radius 1 is 1.36 bits per heavy atom. The smallest absolute Gasteiger partial charge is 0.128 e. The Kier molecular flexibility index (Phi) is 3.75. The molecule has 0 radical (unpaired) electrons. The highest BCUT2D eigenvalue weighted by Crippen LogP contribution is 1.99. The van der Waals surface area contributed by atoms with Gasteiger partial charge in [0.25, 0.3) is 0 Å². The van der Waals surface area contributed by atoms with E-state index >= 15 is 0 Å². The van der Waals surface area contributed by atoms with Gasteiger partial charge in [0.05, 0.1) is 0 Å². The Labute approximate surface area is 67.6 Å². The van der Waals surface area contributed by atoms with Crippen LogP contribution in [0.5, 0.6) is 0 Å². The molecule has 64 valence electrons. The summed E-state index contributed by atoms with van der Waals surface area (Å²) in [6, 6.07) is 0. The van der Waals surface area contributed by atoms with Gasteiger partial charge in [-0.25, -0.2) is 5.53 Å². The molecular formula is C7H16N4. The molecule has 4 nitrogen and oxygen atoms in total. The van der Waals surface area contributed by atoms with Crippen molar-refractivity contribution >= 4 is 6.34 Å². The lowest BCUT2D eigenvalue weighted by molar-refractivity contribution is 0.293. The van der Waals surface area contributed by atoms with Crippen LogP contribution in [0.15, 0.2) is 5.10 Å². The van der Waals surface area contributed by atoms with Crippen LogP contribution in [0.25, 0.3) is 0 Å². The standard InChI is InChI=1S/C7H16N4/c1-2-3-4-5-6-11-7-8-9-10-11/h7,9-10H,2-6H2,1H3. The molecule has 0 aromatic heterocycles. The van der Waals surface area contributed by atoms with E-state index in [0.29, 0.717) is 0 Å². The molecule has 0 saturated carbocycles. The highest BCUT2D eigenvalue weighted by Gasteiger charge is 2.01. The fourth-order valence-electron chi connectivity index (χ4n) is 1.04. The largest absolute Gasteiger partial charge is 0.278 e. The van der Waals surface area contributed by atoms with E-state index in [1.165, 1.54) is 25.7 Å². The molecule has 1 rings (SSSR count). The molecule has 4 heteroatoms. The SMILES string of the molecule is CCCCCCN1C=NNN1. The zero-order chi connectivity index (χ0) is 7.94. The summed E-state index contributed by atoms with van der Waals surface area (Å²) in [5, 5.41) is 5.76. The van der Waals surface area contributed by atoms with Gasteiger partial charge in [-0.2, -0.15) is 5.10 Å². The van der Waals surface area contributed by atoms with Crippen molar-refractivity contribution in [3.8, 4) is 0 Å². The van der Waals surface area contributed by atoms with Gasteiger partial charge in [0.15, 0.2) is 0 Å². The topological polar surface area (TPSA) is 39.7 Å². The number of nitrogens with zero attached hydrogens (tertiary/aromatic N) is 2. The Morgan fingerprint density at radius 3 is 2.91 bits per heavy atom. The number of hydrazone groups is 1. The number of hydrazine groups is 2. The Balaban J connectivity index is 1.90. The molecule has 1 aliphatic rings. The first kappa shape index (κ1) is 8.33. The Hall–Kier alpha value is -0.770. The molecule has 2 N–H and O–H groups in total. The van der Waals surface area contributed by atoms with Gasteiger partial charge in [-0.1, -0.05) is 26.2 Å². The molecule has 0 aliphatic carbocycles. The number of hydrogen-bond donors (Lipinski definition) is 2. The average molecular weight is 156 g/mol. The third-order valence-electron chi connectivity index (χ3n) is 1.71. The van der Waals surface area contributed by atoms with Gasteiger partial charge in [0.1, 0.15) is 6.34 Å². The minimum absolute atomic E-state index is 1.04. The van der Waals surface area contributed by atoms with Gasteiger partial charge < -0.3 is 0 Å². The van der Waals surface area contributed by atoms with E-state index in [1.807, 2.05) is 5.01 Å². The van der Waals surface area contributed by atoms with E-state index in [-0.39, 0.29) is 0 Å². The molecule has 0 atom stereocenters. The van der Waals surface area contributed by atoms with Crippen molar-refractivity contribution in [2.24, 2.45) is 5.10 Å². The van der Waals surface area contributed by atoms with Crippen molar-refractivity contribution in [1.29, 1.82) is 0 Å². The van der Waals surface area contributed by atoms with Crippen LogP contribution in [0.1, 0.15) is 32.6 Å². The average Bonchev–Trinajstić information content (AvgIpc) is 2.50. The van der Waals surface area contributed by atoms with Crippen LogP contribution in [0, 0.1) is 0 Å². The maximum Gasteiger partial charge on any atom is 0.128 e. The lowest BCUT2D eigenvalue weighted by Gasteiger charge is -2.12. The van der Waals surface area contributed by atoms with Gasteiger partial charge in [-0.05, 0) is 6.42 Å². The van der Waals surface area contributed by atoms with E-state index in [0.717, 1.165) is 6.54 Å². The number of nitrogens with one attached hydrogen (secondary N) is 2. The third kappa shape index (κ3) is 3.23. The van der Waals surface area contributed by atoms with Gasteiger partial charge in [0, 0.05) is 6.54 Å². The summed E-state index contributed by atoms with van der Waals surface area (Å²) >= 11 is 0. The second-order valence-electron chi connectivity index (χ2n) is 2.72. The summed E-state index contributed by atoms with van der Waals surface area (Å²) in [6.07, 6.45) is 6.93. The monoisotopic (exact) mass is 156 g/mol. The van der Waals surface area contributed by atoms with E-state index in [9.17, 15) is 0 Å². The van der Waals surface area contributed by atoms with Gasteiger partial charge in [-0.3, -0.25) is 5.01 Å². The fourth-order valence-corrected chi connectivity index (χ4v) is 1.04. The van der Waals surface area contributed by atoms with Crippen molar-refractivity contribution in [2.45, 2.75) is 32.6 Å². The Bertz CT molecular complexity index is 124. The van der Waals surface area contributed by atoms with Crippen molar-refractivity contribution in [2.75, 3.05) is 6.54 Å². The second-order valence-corrected chi connectivity index (χ2v) is 2.72. The predicted octanol–water partition coefficient (Wildman–Crippen LogP) is 0.835. The van der Waals surface area contributed by atoms with Gasteiger partial charge >= 0.3 is 0 Å². The van der Waals surface area contributed by atoms with Crippen LogP contribution in [0.2, 0.25) is 0 Å². The quantitative estimate of drug-likeness (QED) is 0.579. The molecule has 1 aliphatic heterocycles. The van der Waals surface area contributed by atoms with Crippen molar-refractivity contribution in [3.05, 3.63) is 0 Å². The summed E-state index contributed by atoms with van der Waals surface area (Å²) in [6.45, 7) is 3.26. The molecule has 0 unspecified atom stereocenters. The van der Waals surface area contributed by atoms with E-state index < -0.39 is 0 Å². The summed E-state index contributed by atoms with van der Waals surface area (Å²) in [5.74, 6) is 0. The first-order chi connectivity index (χ1) is 5.43. The molecular weight excluding hydrogens is 140 g/mol. The van der Waals surface area contributed by atoms with Crippen molar-refractivity contribution < 1.29 is 0 Å². The molecule has 1 heterocycles. The zero-order valence-electron chi connectivity index (χ0n) is 7.01. The maximum atomic E-state index is 3.80. The van der Waals surface area contributed by atoms with Gasteiger partial charge in [0.2, 0.25) is 0 Å². The zero-order valence-corrected chi connectivity index (χ0v) is 7.01. The summed E-state index contributed by atoms with van der Waals surface area (Å²) in [5.41, 5.74) is 5.55. The maximum absolute atomic E-state index is 3.80. The van der Waals surface area contributed by atoms with Crippen molar-refractivity contribution in [1.82, 2.24) is 16.1 Å². The molecule has 0 amide bonds. The third-order valence-corrected chi connectivity index (χ3v) is 1.71. The fraction of sp³-hybridized carbons (Fsp3) is 0.857. The highest BCUT2D eigenvalue weighted by atomic mass is 15.8. The van der Waals surface area contributed by atoms with E-state index in [4.69, 9.17) is 0 Å². The van der Waals surface area contributed by atoms with Crippen LogP contribution >= 0.6 is 0 Å². The molecule has 11 heavy (non-hydrogen) atoms. The van der Waals surface area contributed by atoms with Crippen LogP contribution in [0.3, 0.4) is 0 Å². The van der Waals surface area contributed by atoms with Gasteiger partial charge in [-0.15, -0.1) is 5.53 Å². The normalized spacial score (nSPS) is 15.5. The van der Waals surface area contributed by atoms with E-state index in [2.05, 4.69) is 23.1 Å².